The second kappa shape index (κ2) is 5.44. The fourth-order valence-corrected chi connectivity index (χ4v) is 2.38. The molecule has 0 amide bonds. The summed E-state index contributed by atoms with van der Waals surface area (Å²) in [6, 6.07) is 13.3. The summed E-state index contributed by atoms with van der Waals surface area (Å²) >= 11 is 0. The highest BCUT2D eigenvalue weighted by Crippen LogP contribution is 2.39. The van der Waals surface area contributed by atoms with Gasteiger partial charge in [-0.2, -0.15) is 0 Å². The molecule has 2 aromatic carbocycles. The van der Waals surface area contributed by atoms with E-state index < -0.39 is 0 Å². The Kier molecular flexibility index (Phi) is 3.48. The first-order valence-corrected chi connectivity index (χ1v) is 6.96. The van der Waals surface area contributed by atoms with Crippen LogP contribution in [0.3, 0.4) is 0 Å². The van der Waals surface area contributed by atoms with Gasteiger partial charge in [-0.25, -0.2) is 0 Å². The lowest BCUT2D eigenvalue weighted by molar-refractivity contribution is 0.101. The van der Waals surface area contributed by atoms with Crippen LogP contribution < -0.4 is 9.47 Å². The van der Waals surface area contributed by atoms with Gasteiger partial charge in [0.15, 0.2) is 5.76 Å². The first kappa shape index (κ1) is 13.4. The minimum atomic E-state index is -0.0833. The van der Waals surface area contributed by atoms with E-state index in [2.05, 4.69) is 0 Å². The van der Waals surface area contributed by atoms with Crippen LogP contribution in [0.4, 0.5) is 0 Å². The molecular formula is C18H16O3. The molecule has 0 radical (unpaired) electrons. The quantitative estimate of drug-likeness (QED) is 0.797. The first-order chi connectivity index (χ1) is 10.2. The Morgan fingerprint density at radius 3 is 2.62 bits per heavy atom. The summed E-state index contributed by atoms with van der Waals surface area (Å²) in [5.41, 5.74) is 2.40. The van der Waals surface area contributed by atoms with E-state index in [4.69, 9.17) is 9.47 Å². The van der Waals surface area contributed by atoms with Crippen molar-refractivity contribution >= 4 is 11.9 Å². The van der Waals surface area contributed by atoms with Gasteiger partial charge in [-0.05, 0) is 37.6 Å². The van der Waals surface area contributed by atoms with Gasteiger partial charge in [0.25, 0.3) is 0 Å². The number of ketones is 1. The number of benzene rings is 2. The molecule has 0 aromatic heterocycles. The SMILES string of the molecule is CCOc1ccc2c(c1C)O/C(=C\c1ccccc1)C2=O. The van der Waals surface area contributed by atoms with Gasteiger partial charge in [0.2, 0.25) is 5.78 Å². The molecule has 0 unspecified atom stereocenters. The van der Waals surface area contributed by atoms with E-state index in [0.717, 1.165) is 16.9 Å². The van der Waals surface area contributed by atoms with E-state index in [1.807, 2.05) is 50.2 Å². The summed E-state index contributed by atoms with van der Waals surface area (Å²) in [6.07, 6.45) is 1.77. The number of Topliss-reactive ketones (excluding diaryl/α,β-unsaturated/α-hetero) is 1. The number of carbonyl (C=O) groups is 1. The second-order valence-corrected chi connectivity index (χ2v) is 4.85. The van der Waals surface area contributed by atoms with Crippen LogP contribution >= 0.6 is 0 Å². The molecule has 1 aliphatic rings. The Morgan fingerprint density at radius 2 is 1.90 bits per heavy atom. The third kappa shape index (κ3) is 2.42. The van der Waals surface area contributed by atoms with Crippen LogP contribution in [0, 0.1) is 6.92 Å². The standard InChI is InChI=1S/C18H16O3/c1-3-20-15-10-9-14-17(19)16(21-18(14)12(15)2)11-13-7-5-4-6-8-13/h4-11H,3H2,1-2H3/b16-11-. The lowest BCUT2D eigenvalue weighted by atomic mass is 10.1. The summed E-state index contributed by atoms with van der Waals surface area (Å²) in [6.45, 7) is 4.42. The van der Waals surface area contributed by atoms with E-state index in [-0.39, 0.29) is 5.78 Å². The number of ether oxygens (including phenoxy) is 2. The monoisotopic (exact) mass is 280 g/mol. The zero-order chi connectivity index (χ0) is 14.8. The highest BCUT2D eigenvalue weighted by molar-refractivity contribution is 6.14. The van der Waals surface area contributed by atoms with Gasteiger partial charge in [0, 0.05) is 5.56 Å². The van der Waals surface area contributed by atoms with Crippen molar-refractivity contribution in [2.24, 2.45) is 0 Å². The summed E-state index contributed by atoms with van der Waals surface area (Å²) in [4.78, 5) is 12.4. The molecule has 0 atom stereocenters. The fraction of sp³-hybridized carbons (Fsp3) is 0.167. The normalized spacial score (nSPS) is 15.0. The number of carbonyl (C=O) groups excluding carboxylic acids is 1. The van der Waals surface area contributed by atoms with E-state index in [0.29, 0.717) is 23.7 Å². The molecule has 0 bridgehead atoms. The van der Waals surface area contributed by atoms with E-state index in [1.54, 1.807) is 12.1 Å². The Morgan fingerprint density at radius 1 is 1.14 bits per heavy atom. The van der Waals surface area contributed by atoms with Gasteiger partial charge in [-0.15, -0.1) is 0 Å². The predicted octanol–water partition coefficient (Wildman–Crippen LogP) is 4.01. The van der Waals surface area contributed by atoms with Crippen molar-refractivity contribution in [2.75, 3.05) is 6.61 Å². The minimum absolute atomic E-state index is 0.0833. The van der Waals surface area contributed by atoms with E-state index in [1.165, 1.54) is 0 Å². The van der Waals surface area contributed by atoms with Crippen molar-refractivity contribution in [1.82, 2.24) is 0 Å². The summed E-state index contributed by atoms with van der Waals surface area (Å²) in [5, 5.41) is 0. The number of rotatable bonds is 3. The average Bonchev–Trinajstić information content (AvgIpc) is 2.81. The fourth-order valence-electron chi connectivity index (χ4n) is 2.38. The molecular weight excluding hydrogens is 264 g/mol. The number of hydrogen-bond donors (Lipinski definition) is 0. The van der Waals surface area contributed by atoms with Crippen LogP contribution in [-0.2, 0) is 0 Å². The van der Waals surface area contributed by atoms with Crippen molar-refractivity contribution < 1.29 is 14.3 Å². The molecule has 0 N–H and O–H groups in total. The molecule has 3 rings (SSSR count). The maximum Gasteiger partial charge on any atom is 0.231 e. The van der Waals surface area contributed by atoms with Gasteiger partial charge in [-0.3, -0.25) is 4.79 Å². The highest BCUT2D eigenvalue weighted by atomic mass is 16.5. The highest BCUT2D eigenvalue weighted by Gasteiger charge is 2.29. The third-order valence-electron chi connectivity index (χ3n) is 3.43. The van der Waals surface area contributed by atoms with Gasteiger partial charge >= 0.3 is 0 Å². The number of allylic oxidation sites excluding steroid dienone is 1. The predicted molar refractivity (Wildman–Crippen MR) is 81.7 cm³/mol. The van der Waals surface area contributed by atoms with Crippen LogP contribution in [0.25, 0.3) is 6.08 Å². The first-order valence-electron chi connectivity index (χ1n) is 6.96. The topological polar surface area (TPSA) is 35.5 Å². The number of fused-ring (bicyclic) bond motifs is 1. The van der Waals surface area contributed by atoms with Crippen molar-refractivity contribution in [3.63, 3.8) is 0 Å². The molecule has 0 fully saturated rings. The molecule has 21 heavy (non-hydrogen) atoms. The Labute approximate surface area is 123 Å². The lowest BCUT2D eigenvalue weighted by Gasteiger charge is -2.09. The van der Waals surface area contributed by atoms with Crippen LogP contribution in [0.2, 0.25) is 0 Å². The zero-order valence-electron chi connectivity index (χ0n) is 12.1. The molecule has 3 nitrogen and oxygen atoms in total. The molecule has 0 saturated heterocycles. The van der Waals surface area contributed by atoms with Crippen LogP contribution in [-0.4, -0.2) is 12.4 Å². The van der Waals surface area contributed by atoms with Crippen LogP contribution in [0.15, 0.2) is 48.2 Å². The molecule has 1 aliphatic heterocycles. The molecule has 106 valence electrons. The Hall–Kier alpha value is -2.55. The third-order valence-corrected chi connectivity index (χ3v) is 3.43. The van der Waals surface area contributed by atoms with E-state index >= 15 is 0 Å². The second-order valence-electron chi connectivity index (χ2n) is 4.85. The van der Waals surface area contributed by atoms with Gasteiger partial charge in [0.05, 0.1) is 12.2 Å². The summed E-state index contributed by atoms with van der Waals surface area (Å²) in [5.74, 6) is 1.63. The van der Waals surface area contributed by atoms with Crippen molar-refractivity contribution in [3.05, 3.63) is 64.9 Å². The minimum Gasteiger partial charge on any atom is -0.493 e. The Balaban J connectivity index is 1.99. The van der Waals surface area contributed by atoms with Gasteiger partial charge < -0.3 is 9.47 Å². The molecule has 2 aromatic rings. The largest absolute Gasteiger partial charge is 0.493 e. The summed E-state index contributed by atoms with van der Waals surface area (Å²) in [7, 11) is 0. The molecule has 0 aliphatic carbocycles. The van der Waals surface area contributed by atoms with E-state index in [9.17, 15) is 4.79 Å². The molecule has 0 spiro atoms. The smallest absolute Gasteiger partial charge is 0.231 e. The van der Waals surface area contributed by atoms with Crippen molar-refractivity contribution in [1.29, 1.82) is 0 Å². The molecule has 0 saturated carbocycles. The van der Waals surface area contributed by atoms with Crippen molar-refractivity contribution in [2.45, 2.75) is 13.8 Å². The maximum atomic E-state index is 12.4. The number of hydrogen-bond acceptors (Lipinski definition) is 3. The maximum absolute atomic E-state index is 12.4. The average molecular weight is 280 g/mol. The van der Waals surface area contributed by atoms with Crippen molar-refractivity contribution in [3.8, 4) is 11.5 Å². The molecule has 3 heteroatoms. The van der Waals surface area contributed by atoms with Gasteiger partial charge in [-0.1, -0.05) is 30.3 Å². The van der Waals surface area contributed by atoms with Gasteiger partial charge in [0.1, 0.15) is 11.5 Å². The summed E-state index contributed by atoms with van der Waals surface area (Å²) < 4.78 is 11.3. The molecule has 1 heterocycles. The lowest BCUT2D eigenvalue weighted by Crippen LogP contribution is -1.97. The zero-order valence-corrected chi connectivity index (χ0v) is 12.1. The van der Waals surface area contributed by atoms with Crippen LogP contribution in [0.1, 0.15) is 28.4 Å². The Bertz CT molecular complexity index is 715. The van der Waals surface area contributed by atoms with Crippen LogP contribution in [0.5, 0.6) is 11.5 Å².